The molecule has 1 aliphatic rings. The van der Waals surface area contributed by atoms with E-state index < -0.39 is 12.6 Å². The molecule has 0 atom stereocenters. The van der Waals surface area contributed by atoms with E-state index in [2.05, 4.69) is 0 Å². The molecule has 0 saturated carbocycles. The summed E-state index contributed by atoms with van der Waals surface area (Å²) in [6, 6.07) is 8.75. The van der Waals surface area contributed by atoms with Crippen LogP contribution < -0.4 is 9.47 Å². The SMILES string of the molecule is COc1cc2c(cc1OC)CN(C(=O)COC(=O)/C(C#N)=C/c1ccco1)CC2. The minimum Gasteiger partial charge on any atom is -0.493 e. The van der Waals surface area contributed by atoms with Gasteiger partial charge in [-0.3, -0.25) is 4.79 Å². The molecule has 29 heavy (non-hydrogen) atoms. The van der Waals surface area contributed by atoms with Gasteiger partial charge in [0.2, 0.25) is 0 Å². The molecule has 0 saturated heterocycles. The number of furan rings is 1. The van der Waals surface area contributed by atoms with Crippen molar-refractivity contribution in [3.05, 3.63) is 53.0 Å². The van der Waals surface area contributed by atoms with E-state index in [1.807, 2.05) is 12.1 Å². The molecule has 1 amide bonds. The highest BCUT2D eigenvalue weighted by Crippen LogP contribution is 2.33. The van der Waals surface area contributed by atoms with Crippen LogP contribution >= 0.6 is 0 Å². The van der Waals surface area contributed by atoms with Crippen LogP contribution in [-0.4, -0.2) is 44.1 Å². The van der Waals surface area contributed by atoms with E-state index in [1.54, 1.807) is 37.3 Å². The highest BCUT2D eigenvalue weighted by molar-refractivity contribution is 5.98. The fourth-order valence-corrected chi connectivity index (χ4v) is 3.04. The molecule has 0 N–H and O–H groups in total. The van der Waals surface area contributed by atoms with Gasteiger partial charge >= 0.3 is 5.97 Å². The minimum absolute atomic E-state index is 0.242. The summed E-state index contributed by atoms with van der Waals surface area (Å²) in [5.74, 6) is 0.373. The van der Waals surface area contributed by atoms with Gasteiger partial charge in [0.15, 0.2) is 18.1 Å². The zero-order chi connectivity index (χ0) is 20.8. The quantitative estimate of drug-likeness (QED) is 0.419. The number of rotatable bonds is 6. The van der Waals surface area contributed by atoms with Crippen molar-refractivity contribution < 1.29 is 28.2 Å². The predicted molar refractivity (Wildman–Crippen MR) is 102 cm³/mol. The average molecular weight is 396 g/mol. The zero-order valence-electron chi connectivity index (χ0n) is 16.1. The number of esters is 1. The van der Waals surface area contributed by atoms with Gasteiger partial charge < -0.3 is 23.5 Å². The molecular weight excluding hydrogens is 376 g/mol. The number of hydrogen-bond donors (Lipinski definition) is 0. The summed E-state index contributed by atoms with van der Waals surface area (Å²) in [4.78, 5) is 26.2. The van der Waals surface area contributed by atoms with Crippen LogP contribution in [-0.2, 0) is 27.3 Å². The fraction of sp³-hybridized carbons (Fsp3) is 0.286. The van der Waals surface area contributed by atoms with Crippen molar-refractivity contribution in [2.45, 2.75) is 13.0 Å². The molecule has 0 aliphatic carbocycles. The Hall–Kier alpha value is -3.73. The van der Waals surface area contributed by atoms with Gasteiger partial charge in [-0.25, -0.2) is 4.79 Å². The average Bonchev–Trinajstić information content (AvgIpc) is 3.27. The molecule has 0 unspecified atom stereocenters. The van der Waals surface area contributed by atoms with E-state index in [4.69, 9.17) is 23.9 Å². The molecule has 8 heteroatoms. The summed E-state index contributed by atoms with van der Waals surface area (Å²) in [7, 11) is 3.13. The van der Waals surface area contributed by atoms with E-state index in [-0.39, 0.29) is 11.5 Å². The number of nitriles is 1. The zero-order valence-corrected chi connectivity index (χ0v) is 16.1. The van der Waals surface area contributed by atoms with Crippen LogP contribution in [0.5, 0.6) is 11.5 Å². The third-order valence-corrected chi connectivity index (χ3v) is 4.57. The van der Waals surface area contributed by atoms with Crippen molar-refractivity contribution in [3.8, 4) is 17.6 Å². The summed E-state index contributed by atoms with van der Waals surface area (Å²) < 4.78 is 20.7. The molecule has 1 aromatic carbocycles. The molecule has 1 aliphatic heterocycles. The lowest BCUT2D eigenvalue weighted by Crippen LogP contribution is -2.38. The van der Waals surface area contributed by atoms with Crippen LogP contribution in [0.3, 0.4) is 0 Å². The lowest BCUT2D eigenvalue weighted by atomic mass is 9.99. The molecule has 150 valence electrons. The maximum atomic E-state index is 12.5. The summed E-state index contributed by atoms with van der Waals surface area (Å²) in [6.45, 7) is 0.421. The van der Waals surface area contributed by atoms with Crippen molar-refractivity contribution in [2.24, 2.45) is 0 Å². The molecule has 0 fully saturated rings. The first-order chi connectivity index (χ1) is 14.0. The number of carbonyl (C=O) groups excluding carboxylic acids is 2. The van der Waals surface area contributed by atoms with Crippen molar-refractivity contribution in [1.82, 2.24) is 4.90 Å². The molecule has 0 radical (unpaired) electrons. The molecule has 0 spiro atoms. The highest BCUT2D eigenvalue weighted by Gasteiger charge is 2.24. The summed E-state index contributed by atoms with van der Waals surface area (Å²) >= 11 is 0. The van der Waals surface area contributed by atoms with Crippen molar-refractivity contribution >= 4 is 18.0 Å². The molecular formula is C21H20N2O6. The first-order valence-corrected chi connectivity index (χ1v) is 8.89. The Morgan fingerprint density at radius 2 is 1.97 bits per heavy atom. The molecule has 3 rings (SSSR count). The summed E-state index contributed by atoms with van der Waals surface area (Å²) in [5.41, 5.74) is 1.79. The van der Waals surface area contributed by atoms with E-state index >= 15 is 0 Å². The molecule has 2 heterocycles. The minimum atomic E-state index is -0.874. The van der Waals surface area contributed by atoms with E-state index in [0.717, 1.165) is 11.1 Å². The number of nitrogens with zero attached hydrogens (tertiary/aromatic N) is 2. The monoisotopic (exact) mass is 396 g/mol. The smallest absolute Gasteiger partial charge is 0.349 e. The lowest BCUT2D eigenvalue weighted by Gasteiger charge is -2.29. The first kappa shape index (κ1) is 20.0. The number of fused-ring (bicyclic) bond motifs is 1. The molecule has 8 nitrogen and oxygen atoms in total. The maximum Gasteiger partial charge on any atom is 0.349 e. The fourth-order valence-electron chi connectivity index (χ4n) is 3.04. The normalized spacial score (nSPS) is 13.3. The van der Waals surface area contributed by atoms with Gasteiger partial charge in [-0.15, -0.1) is 0 Å². The van der Waals surface area contributed by atoms with Gasteiger partial charge in [0, 0.05) is 19.2 Å². The van der Waals surface area contributed by atoms with Crippen LogP contribution in [0, 0.1) is 11.3 Å². The van der Waals surface area contributed by atoms with Crippen molar-refractivity contribution in [1.29, 1.82) is 5.26 Å². The number of hydrogen-bond acceptors (Lipinski definition) is 7. The van der Waals surface area contributed by atoms with Gasteiger partial charge in [-0.2, -0.15) is 5.26 Å². The van der Waals surface area contributed by atoms with Gasteiger partial charge in [-0.1, -0.05) is 0 Å². The van der Waals surface area contributed by atoms with Crippen molar-refractivity contribution in [2.75, 3.05) is 27.4 Å². The number of ether oxygens (including phenoxy) is 3. The van der Waals surface area contributed by atoms with Gasteiger partial charge in [0.1, 0.15) is 17.4 Å². The van der Waals surface area contributed by atoms with Crippen LogP contribution in [0.25, 0.3) is 6.08 Å². The van der Waals surface area contributed by atoms with E-state index in [0.29, 0.717) is 36.8 Å². The summed E-state index contributed by atoms with van der Waals surface area (Å²) in [6.07, 6.45) is 3.34. The predicted octanol–water partition coefficient (Wildman–Crippen LogP) is 2.33. The van der Waals surface area contributed by atoms with Crippen LogP contribution in [0.4, 0.5) is 0 Å². The largest absolute Gasteiger partial charge is 0.493 e. The Morgan fingerprint density at radius 1 is 1.24 bits per heavy atom. The highest BCUT2D eigenvalue weighted by atomic mass is 16.5. The number of methoxy groups -OCH3 is 2. The standard InChI is InChI=1S/C21H20N2O6/c1-26-18-9-14-5-6-23(12-16(14)10-19(18)27-2)20(24)13-29-21(25)15(11-22)8-17-4-3-7-28-17/h3-4,7-10H,5-6,12-13H2,1-2H3/b15-8+. The molecule has 1 aromatic heterocycles. The molecule has 2 aromatic rings. The second-order valence-electron chi connectivity index (χ2n) is 6.30. The molecule has 0 bridgehead atoms. The van der Waals surface area contributed by atoms with Crippen LogP contribution in [0.2, 0.25) is 0 Å². The van der Waals surface area contributed by atoms with Crippen LogP contribution in [0.15, 0.2) is 40.5 Å². The van der Waals surface area contributed by atoms with E-state index in [1.165, 1.54) is 12.3 Å². The topological polar surface area (TPSA) is 102 Å². The maximum absolute atomic E-state index is 12.5. The summed E-state index contributed by atoms with van der Waals surface area (Å²) in [5, 5.41) is 9.13. The Kier molecular flexibility index (Phi) is 6.19. The Balaban J connectivity index is 1.62. The third kappa shape index (κ3) is 4.58. The van der Waals surface area contributed by atoms with Gasteiger partial charge in [0.05, 0.1) is 20.5 Å². The second kappa shape index (κ2) is 8.97. The number of amides is 1. The Labute approximate surface area is 167 Å². The Bertz CT molecular complexity index is 972. The van der Waals surface area contributed by atoms with E-state index in [9.17, 15) is 9.59 Å². The Morgan fingerprint density at radius 3 is 2.59 bits per heavy atom. The third-order valence-electron chi connectivity index (χ3n) is 4.57. The number of carbonyl (C=O) groups is 2. The van der Waals surface area contributed by atoms with Crippen LogP contribution in [0.1, 0.15) is 16.9 Å². The first-order valence-electron chi connectivity index (χ1n) is 8.89. The number of benzene rings is 1. The van der Waals surface area contributed by atoms with Crippen molar-refractivity contribution in [3.63, 3.8) is 0 Å². The second-order valence-corrected chi connectivity index (χ2v) is 6.30. The van der Waals surface area contributed by atoms with Gasteiger partial charge in [0.25, 0.3) is 5.91 Å². The van der Waals surface area contributed by atoms with Gasteiger partial charge in [-0.05, 0) is 41.8 Å². The lowest BCUT2D eigenvalue weighted by molar-refractivity contribution is -0.149.